The first kappa shape index (κ1) is 26.4. The number of benzene rings is 6. The van der Waals surface area contributed by atoms with E-state index in [2.05, 4.69) is 84.9 Å². The molecule has 6 heteroatoms. The van der Waals surface area contributed by atoms with Crippen LogP contribution in [0.4, 0.5) is 0 Å². The molecule has 9 aromatic rings. The highest BCUT2D eigenvalue weighted by Gasteiger charge is 2.18. The maximum Gasteiger partial charge on any atom is 0.164 e. The summed E-state index contributed by atoms with van der Waals surface area (Å²) >= 11 is 1.67. The van der Waals surface area contributed by atoms with Crippen LogP contribution in [0, 0.1) is 0 Å². The molecule has 0 aliphatic rings. The molecule has 216 valence electrons. The van der Waals surface area contributed by atoms with Crippen molar-refractivity contribution < 1.29 is 4.42 Å². The van der Waals surface area contributed by atoms with Gasteiger partial charge in [0.2, 0.25) is 0 Å². The number of para-hydroxylation sites is 1. The van der Waals surface area contributed by atoms with Crippen LogP contribution in [0.25, 0.3) is 88.0 Å². The average molecular weight is 609 g/mol. The molecule has 3 heterocycles. The number of rotatable bonds is 5. The van der Waals surface area contributed by atoms with E-state index < -0.39 is 0 Å². The van der Waals surface area contributed by atoms with Gasteiger partial charge >= 0.3 is 0 Å². The Balaban J connectivity index is 1.25. The van der Waals surface area contributed by atoms with E-state index in [0.717, 1.165) is 70.5 Å². The minimum Gasteiger partial charge on any atom is -0.456 e. The highest BCUT2D eigenvalue weighted by molar-refractivity contribution is 7.21. The lowest BCUT2D eigenvalue weighted by Gasteiger charge is -2.10. The smallest absolute Gasteiger partial charge is 0.164 e. The number of hydrogen-bond donors (Lipinski definition) is 0. The highest BCUT2D eigenvalue weighted by Crippen LogP contribution is 2.38. The first-order valence-corrected chi connectivity index (χ1v) is 15.9. The van der Waals surface area contributed by atoms with E-state index in [0.29, 0.717) is 17.5 Å². The van der Waals surface area contributed by atoms with Crippen molar-refractivity contribution in [3.63, 3.8) is 0 Å². The van der Waals surface area contributed by atoms with Gasteiger partial charge in [0, 0.05) is 33.0 Å². The molecular weight excluding hydrogens is 585 g/mol. The van der Waals surface area contributed by atoms with Crippen molar-refractivity contribution in [2.75, 3.05) is 0 Å². The van der Waals surface area contributed by atoms with Gasteiger partial charge in [0.25, 0.3) is 0 Å². The van der Waals surface area contributed by atoms with Crippen molar-refractivity contribution in [3.8, 4) is 55.9 Å². The Morgan fingerprint density at radius 3 is 1.89 bits per heavy atom. The first-order chi connectivity index (χ1) is 22.8. The lowest BCUT2D eigenvalue weighted by atomic mass is 10.0. The molecule has 0 unspecified atom stereocenters. The number of thiazole rings is 1. The quantitative estimate of drug-likeness (QED) is 0.194. The molecule has 0 amide bonds. The van der Waals surface area contributed by atoms with Gasteiger partial charge in [-0.25, -0.2) is 19.9 Å². The second-order valence-corrected chi connectivity index (χ2v) is 12.1. The Morgan fingerprint density at radius 2 is 1.07 bits per heavy atom. The Labute approximate surface area is 268 Å². The largest absolute Gasteiger partial charge is 0.456 e. The zero-order valence-corrected chi connectivity index (χ0v) is 25.3. The van der Waals surface area contributed by atoms with E-state index in [-0.39, 0.29) is 0 Å². The molecule has 0 spiro atoms. The van der Waals surface area contributed by atoms with Gasteiger partial charge in [0.1, 0.15) is 16.2 Å². The van der Waals surface area contributed by atoms with Crippen LogP contribution < -0.4 is 0 Å². The zero-order chi connectivity index (χ0) is 30.5. The summed E-state index contributed by atoms with van der Waals surface area (Å²) in [5.41, 5.74) is 8.65. The number of aromatic nitrogens is 4. The fourth-order valence-corrected chi connectivity index (χ4v) is 6.96. The Kier molecular flexibility index (Phi) is 6.25. The van der Waals surface area contributed by atoms with Crippen molar-refractivity contribution in [2.45, 2.75) is 0 Å². The molecule has 0 saturated heterocycles. The van der Waals surface area contributed by atoms with Gasteiger partial charge in [-0.3, -0.25) is 0 Å². The second kappa shape index (κ2) is 10.9. The maximum atomic E-state index is 6.22. The fraction of sp³-hybridized carbons (Fsp3) is 0. The first-order valence-electron chi connectivity index (χ1n) is 15.1. The Morgan fingerprint density at radius 1 is 0.435 bits per heavy atom. The molecule has 46 heavy (non-hydrogen) atoms. The van der Waals surface area contributed by atoms with Crippen LogP contribution in [0.1, 0.15) is 0 Å². The number of nitrogens with zero attached hydrogens (tertiary/aromatic N) is 4. The molecule has 0 atom stereocenters. The van der Waals surface area contributed by atoms with Crippen LogP contribution >= 0.6 is 11.3 Å². The van der Waals surface area contributed by atoms with Crippen molar-refractivity contribution in [3.05, 3.63) is 146 Å². The molecule has 0 saturated carbocycles. The van der Waals surface area contributed by atoms with Crippen LogP contribution in [-0.4, -0.2) is 19.9 Å². The van der Waals surface area contributed by atoms with Gasteiger partial charge in [-0.2, -0.15) is 0 Å². The lowest BCUT2D eigenvalue weighted by molar-refractivity contribution is 0.669. The third-order valence-corrected chi connectivity index (χ3v) is 9.24. The monoisotopic (exact) mass is 608 g/mol. The summed E-state index contributed by atoms with van der Waals surface area (Å²) in [4.78, 5) is 20.2. The number of hydrogen-bond acceptors (Lipinski definition) is 6. The van der Waals surface area contributed by atoms with Crippen molar-refractivity contribution in [1.29, 1.82) is 0 Å². The normalized spacial score (nSPS) is 11.5. The van der Waals surface area contributed by atoms with Crippen LogP contribution in [0.2, 0.25) is 0 Å². The van der Waals surface area contributed by atoms with Gasteiger partial charge in [-0.1, -0.05) is 109 Å². The summed E-state index contributed by atoms with van der Waals surface area (Å²) < 4.78 is 7.30. The van der Waals surface area contributed by atoms with E-state index in [1.54, 1.807) is 11.3 Å². The molecule has 9 rings (SSSR count). The minimum absolute atomic E-state index is 0.594. The molecule has 0 bridgehead atoms. The van der Waals surface area contributed by atoms with Crippen LogP contribution in [0.15, 0.2) is 150 Å². The van der Waals surface area contributed by atoms with Crippen molar-refractivity contribution in [1.82, 2.24) is 19.9 Å². The number of fused-ring (bicyclic) bond motifs is 4. The van der Waals surface area contributed by atoms with E-state index >= 15 is 0 Å². The van der Waals surface area contributed by atoms with E-state index in [9.17, 15) is 0 Å². The topological polar surface area (TPSA) is 64.7 Å². The van der Waals surface area contributed by atoms with Crippen molar-refractivity contribution >= 4 is 43.5 Å². The lowest BCUT2D eigenvalue weighted by Crippen LogP contribution is -2.00. The molecule has 0 aliphatic heterocycles. The summed E-state index contributed by atoms with van der Waals surface area (Å²) in [7, 11) is 0. The van der Waals surface area contributed by atoms with Gasteiger partial charge in [-0.05, 0) is 47.5 Å². The molecule has 3 aromatic heterocycles. The second-order valence-electron chi connectivity index (χ2n) is 11.1. The third-order valence-electron chi connectivity index (χ3n) is 8.17. The molecular formula is C40H24N4OS. The van der Waals surface area contributed by atoms with Gasteiger partial charge in [0.05, 0.1) is 10.2 Å². The van der Waals surface area contributed by atoms with Crippen LogP contribution in [0.5, 0.6) is 0 Å². The van der Waals surface area contributed by atoms with Gasteiger partial charge in [0.15, 0.2) is 17.5 Å². The van der Waals surface area contributed by atoms with E-state index in [1.165, 1.54) is 0 Å². The van der Waals surface area contributed by atoms with E-state index in [1.807, 2.05) is 60.7 Å². The Bertz CT molecular complexity index is 2540. The summed E-state index contributed by atoms with van der Waals surface area (Å²) in [6.07, 6.45) is 0. The maximum absolute atomic E-state index is 6.22. The molecule has 5 nitrogen and oxygen atoms in total. The molecule has 0 N–H and O–H groups in total. The fourth-order valence-electron chi connectivity index (χ4n) is 5.95. The minimum atomic E-state index is 0.594. The molecule has 0 fully saturated rings. The molecule has 0 aliphatic carbocycles. The highest BCUT2D eigenvalue weighted by atomic mass is 32.1. The van der Waals surface area contributed by atoms with Crippen molar-refractivity contribution in [2.24, 2.45) is 0 Å². The molecule has 6 aromatic carbocycles. The third kappa shape index (κ3) is 4.64. The van der Waals surface area contributed by atoms with Gasteiger partial charge in [-0.15, -0.1) is 11.3 Å². The number of furan rings is 1. The standard InChI is InChI=1S/C40H24N4OS/c1-3-11-25(12-4-1)27-15-9-16-28(23-27)37-42-38(29-21-22-32-35(24-29)46-40(41-32)26-13-5-2-6-14-26)44-39(43-37)31-18-10-20-34-36(31)30-17-7-8-19-33(30)45-34/h1-24H. The van der Waals surface area contributed by atoms with Crippen LogP contribution in [0.3, 0.4) is 0 Å². The van der Waals surface area contributed by atoms with Gasteiger partial charge < -0.3 is 4.42 Å². The van der Waals surface area contributed by atoms with Crippen LogP contribution in [-0.2, 0) is 0 Å². The summed E-state index contributed by atoms with van der Waals surface area (Å²) in [6, 6.07) is 49.4. The Hall–Kier alpha value is -5.98. The molecule has 0 radical (unpaired) electrons. The SMILES string of the molecule is c1ccc(-c2cccc(-c3nc(-c4ccc5nc(-c6ccccc6)sc5c4)nc(-c4cccc5oc6ccccc6c45)n3)c2)cc1. The summed E-state index contributed by atoms with van der Waals surface area (Å²) in [5.74, 6) is 1.81. The summed E-state index contributed by atoms with van der Waals surface area (Å²) in [5, 5.41) is 3.01. The zero-order valence-electron chi connectivity index (χ0n) is 24.5. The predicted molar refractivity (Wildman–Crippen MR) is 187 cm³/mol. The van der Waals surface area contributed by atoms with E-state index in [4.69, 9.17) is 24.4 Å². The average Bonchev–Trinajstić information content (AvgIpc) is 3.74. The summed E-state index contributed by atoms with van der Waals surface area (Å²) in [6.45, 7) is 0. The predicted octanol–water partition coefficient (Wildman–Crippen LogP) is 10.7.